The van der Waals surface area contributed by atoms with E-state index in [2.05, 4.69) is 0 Å². The van der Waals surface area contributed by atoms with Gasteiger partial charge in [0.25, 0.3) is 0 Å². The SMILES string of the molecule is CO[Si](OC)(OC)C(C)(C)C(C)(C)CC(C)C(F)(F)C(F)(F)C(F)(F)C(F)(F)C(F)(F)C(F)(F)F. The summed E-state index contributed by atoms with van der Waals surface area (Å²) in [6.45, 7) is 5.27. The minimum absolute atomic E-state index is 0.234. The van der Waals surface area contributed by atoms with E-state index in [1.807, 2.05) is 0 Å². The fraction of sp³-hybridized carbons (Fsp3) is 1.00. The number of rotatable bonds is 12. The molecule has 1 atom stereocenters. The molecule has 0 heterocycles. The Morgan fingerprint density at radius 2 is 0.886 bits per heavy atom. The van der Waals surface area contributed by atoms with E-state index in [0.717, 1.165) is 21.3 Å². The molecular formula is C18H27F13O3Si. The van der Waals surface area contributed by atoms with Gasteiger partial charge in [0.05, 0.1) is 0 Å². The molecule has 0 aliphatic rings. The average Bonchev–Trinajstić information content (AvgIpc) is 2.67. The molecule has 0 aliphatic heterocycles. The Hall–Kier alpha value is -0.813. The van der Waals surface area contributed by atoms with Gasteiger partial charge < -0.3 is 13.3 Å². The first-order chi connectivity index (χ1) is 15.1. The van der Waals surface area contributed by atoms with Crippen molar-refractivity contribution in [3.05, 3.63) is 0 Å². The Morgan fingerprint density at radius 1 is 0.571 bits per heavy atom. The van der Waals surface area contributed by atoms with Gasteiger partial charge in [0, 0.05) is 32.3 Å². The topological polar surface area (TPSA) is 27.7 Å². The summed E-state index contributed by atoms with van der Waals surface area (Å²) >= 11 is 0. The van der Waals surface area contributed by atoms with Crippen LogP contribution in [0.25, 0.3) is 0 Å². The van der Waals surface area contributed by atoms with Gasteiger partial charge in [-0.15, -0.1) is 0 Å². The van der Waals surface area contributed by atoms with Gasteiger partial charge in [-0.1, -0.05) is 34.6 Å². The summed E-state index contributed by atoms with van der Waals surface area (Å²) in [6.07, 6.45) is -8.61. The molecule has 35 heavy (non-hydrogen) atoms. The standard InChI is InChI=1S/C18H27F13O3Si/c1-10(9-11(2,3)12(4,5)35(32-6,33-7)34-8)13(19,20)14(21,22)15(23,24)16(25,26)17(27,28)18(29,30)31/h10H,9H2,1-8H3. The van der Waals surface area contributed by atoms with Crippen molar-refractivity contribution in [3.63, 3.8) is 0 Å². The highest BCUT2D eigenvalue weighted by Crippen LogP contribution is 2.63. The van der Waals surface area contributed by atoms with Gasteiger partial charge in [-0.25, -0.2) is 0 Å². The third kappa shape index (κ3) is 4.78. The molecule has 0 saturated heterocycles. The lowest BCUT2D eigenvalue weighted by atomic mass is 9.71. The maximum absolute atomic E-state index is 14.6. The summed E-state index contributed by atoms with van der Waals surface area (Å²) in [6, 6.07) is 0. The molecule has 0 spiro atoms. The summed E-state index contributed by atoms with van der Waals surface area (Å²) in [5, 5.41) is -1.44. The Bertz CT molecular complexity index is 723. The third-order valence-corrected chi connectivity index (χ3v) is 10.5. The molecule has 0 aromatic carbocycles. The van der Waals surface area contributed by atoms with Gasteiger partial charge in [-0.05, 0) is 11.8 Å². The van der Waals surface area contributed by atoms with Crippen molar-refractivity contribution in [2.45, 2.75) is 81.9 Å². The molecule has 0 rings (SSSR count). The minimum atomic E-state index is -7.93. The van der Waals surface area contributed by atoms with Crippen molar-refractivity contribution in [1.29, 1.82) is 0 Å². The van der Waals surface area contributed by atoms with Crippen LogP contribution in [0.2, 0.25) is 5.04 Å². The van der Waals surface area contributed by atoms with Crippen LogP contribution in [0.5, 0.6) is 0 Å². The van der Waals surface area contributed by atoms with Gasteiger partial charge >= 0.3 is 44.6 Å². The van der Waals surface area contributed by atoms with E-state index in [-0.39, 0.29) is 6.92 Å². The molecule has 0 saturated carbocycles. The van der Waals surface area contributed by atoms with Gasteiger partial charge in [0.2, 0.25) is 0 Å². The maximum Gasteiger partial charge on any atom is 0.506 e. The monoisotopic (exact) mass is 566 g/mol. The summed E-state index contributed by atoms with van der Waals surface area (Å²) in [5.41, 5.74) is -1.63. The first kappa shape index (κ1) is 34.2. The molecule has 17 heteroatoms. The second kappa shape index (κ2) is 9.49. The Labute approximate surface area is 194 Å². The van der Waals surface area contributed by atoms with Crippen molar-refractivity contribution < 1.29 is 70.4 Å². The van der Waals surface area contributed by atoms with Gasteiger partial charge in [-0.3, -0.25) is 0 Å². The Kier molecular flexibility index (Phi) is 9.27. The van der Waals surface area contributed by atoms with Crippen LogP contribution in [-0.2, 0) is 13.3 Å². The second-order valence-corrected chi connectivity index (χ2v) is 12.8. The Morgan fingerprint density at radius 3 is 1.17 bits per heavy atom. The van der Waals surface area contributed by atoms with Crippen LogP contribution in [0, 0.1) is 11.3 Å². The largest absolute Gasteiger partial charge is 0.506 e. The number of hydrogen-bond donors (Lipinski definition) is 0. The second-order valence-electron chi connectivity index (χ2n) is 9.20. The summed E-state index contributed by atoms with van der Waals surface area (Å²) in [5.74, 6) is -40.0. The predicted molar refractivity (Wildman–Crippen MR) is 99.2 cm³/mol. The molecule has 0 fully saturated rings. The smallest absolute Gasteiger partial charge is 0.377 e. The average molecular weight is 566 g/mol. The molecule has 0 aliphatic carbocycles. The maximum atomic E-state index is 14.6. The zero-order valence-corrected chi connectivity index (χ0v) is 20.9. The highest BCUT2D eigenvalue weighted by atomic mass is 28.4. The van der Waals surface area contributed by atoms with Gasteiger partial charge in [0.15, 0.2) is 0 Å². The fourth-order valence-electron chi connectivity index (χ4n) is 3.67. The first-order valence-corrected chi connectivity index (χ1v) is 11.4. The molecule has 0 bridgehead atoms. The van der Waals surface area contributed by atoms with Crippen LogP contribution in [0.15, 0.2) is 0 Å². The van der Waals surface area contributed by atoms with Crippen molar-refractivity contribution in [2.24, 2.45) is 11.3 Å². The number of hydrogen-bond acceptors (Lipinski definition) is 3. The molecule has 0 amide bonds. The zero-order chi connectivity index (χ0) is 28.9. The van der Waals surface area contributed by atoms with E-state index in [1.54, 1.807) is 0 Å². The molecule has 212 valence electrons. The molecule has 0 N–H and O–H groups in total. The van der Waals surface area contributed by atoms with Crippen molar-refractivity contribution in [1.82, 2.24) is 0 Å². The lowest BCUT2D eigenvalue weighted by molar-refractivity contribution is -0.443. The zero-order valence-electron chi connectivity index (χ0n) is 19.9. The predicted octanol–water partition coefficient (Wildman–Crippen LogP) is 7.44. The van der Waals surface area contributed by atoms with Crippen LogP contribution in [0.1, 0.15) is 41.0 Å². The van der Waals surface area contributed by atoms with Crippen LogP contribution in [-0.4, -0.2) is 65.9 Å². The quantitative estimate of drug-likeness (QED) is 0.182. The highest BCUT2D eigenvalue weighted by Gasteiger charge is 2.91. The van der Waals surface area contributed by atoms with Crippen molar-refractivity contribution in [2.75, 3.05) is 21.3 Å². The third-order valence-electron chi connectivity index (χ3n) is 6.66. The van der Waals surface area contributed by atoms with E-state index in [1.165, 1.54) is 27.7 Å². The molecule has 0 aromatic heterocycles. The van der Waals surface area contributed by atoms with E-state index in [4.69, 9.17) is 13.3 Å². The van der Waals surface area contributed by atoms with Crippen molar-refractivity contribution in [3.8, 4) is 0 Å². The normalized spacial score (nSPS) is 17.1. The molecule has 0 radical (unpaired) electrons. The summed E-state index contributed by atoms with van der Waals surface area (Å²) in [7, 11) is -0.436. The molecule has 3 nitrogen and oxygen atoms in total. The number of alkyl halides is 13. The molecular weight excluding hydrogens is 539 g/mol. The lowest BCUT2D eigenvalue weighted by Gasteiger charge is -2.50. The summed E-state index contributed by atoms with van der Waals surface area (Å²) < 4.78 is 191. The van der Waals surface area contributed by atoms with Crippen LogP contribution >= 0.6 is 0 Å². The van der Waals surface area contributed by atoms with E-state index in [9.17, 15) is 57.1 Å². The van der Waals surface area contributed by atoms with E-state index >= 15 is 0 Å². The lowest BCUT2D eigenvalue weighted by Crippen LogP contribution is -2.71. The Balaban J connectivity index is 6.53. The van der Waals surface area contributed by atoms with Crippen LogP contribution < -0.4 is 0 Å². The van der Waals surface area contributed by atoms with Gasteiger partial charge in [-0.2, -0.15) is 57.1 Å². The van der Waals surface area contributed by atoms with Gasteiger partial charge in [0.1, 0.15) is 0 Å². The summed E-state index contributed by atoms with van der Waals surface area (Å²) in [4.78, 5) is 0. The van der Waals surface area contributed by atoms with E-state index in [0.29, 0.717) is 0 Å². The van der Waals surface area contributed by atoms with Crippen LogP contribution in [0.3, 0.4) is 0 Å². The highest BCUT2D eigenvalue weighted by molar-refractivity contribution is 6.64. The molecule has 0 aromatic rings. The van der Waals surface area contributed by atoms with E-state index < -0.39 is 67.4 Å². The molecule has 1 unspecified atom stereocenters. The van der Waals surface area contributed by atoms with Crippen molar-refractivity contribution >= 4 is 8.80 Å². The first-order valence-electron chi connectivity index (χ1n) is 9.67. The minimum Gasteiger partial charge on any atom is -0.377 e. The fourth-order valence-corrected chi connectivity index (χ4v) is 6.63. The van der Waals surface area contributed by atoms with Crippen LogP contribution in [0.4, 0.5) is 57.1 Å². The number of halogens is 13.